The largest absolute Gasteiger partial charge is 0.481 e. The van der Waals surface area contributed by atoms with E-state index in [1.165, 1.54) is 12.1 Å². The number of hydrogen-bond donors (Lipinski definition) is 1. The maximum Gasteiger partial charge on any atom is 0.303 e. The molecule has 1 aromatic rings. The highest BCUT2D eigenvalue weighted by Crippen LogP contribution is 2.37. The van der Waals surface area contributed by atoms with Crippen LogP contribution in [0.1, 0.15) is 32.3 Å². The van der Waals surface area contributed by atoms with Crippen molar-refractivity contribution in [1.82, 2.24) is 4.90 Å². The van der Waals surface area contributed by atoms with Gasteiger partial charge in [0.2, 0.25) is 0 Å². The van der Waals surface area contributed by atoms with E-state index in [0.29, 0.717) is 6.42 Å². The summed E-state index contributed by atoms with van der Waals surface area (Å²) >= 11 is 6.48. The topological polar surface area (TPSA) is 84.6 Å². The molecule has 1 amide bonds. The Kier molecular flexibility index (Phi) is 5.88. The first-order valence-electron chi connectivity index (χ1n) is 7.81. The number of hydrogen-bond acceptors (Lipinski definition) is 5. The summed E-state index contributed by atoms with van der Waals surface area (Å²) in [6.45, 7) is 3.60. The number of aliphatic carboxylic acids is 1. The maximum atomic E-state index is 14.9. The van der Waals surface area contributed by atoms with Gasteiger partial charge in [0, 0.05) is 13.0 Å². The van der Waals surface area contributed by atoms with Gasteiger partial charge in [-0.25, -0.2) is 4.39 Å². The zero-order valence-electron chi connectivity index (χ0n) is 14.6. The van der Waals surface area contributed by atoms with Crippen molar-refractivity contribution in [2.75, 3.05) is 17.7 Å². The number of carbonyl (C=O) groups excluding carboxylic acids is 1. The van der Waals surface area contributed by atoms with Gasteiger partial charge in [-0.2, -0.15) is 5.26 Å². The summed E-state index contributed by atoms with van der Waals surface area (Å²) in [6, 6.07) is 4.76. The van der Waals surface area contributed by atoms with Crippen LogP contribution in [0.3, 0.4) is 0 Å². The minimum Gasteiger partial charge on any atom is -0.481 e. The Bertz CT molecular complexity index is 820. The summed E-state index contributed by atoms with van der Waals surface area (Å²) in [5, 5.41) is 18.0. The van der Waals surface area contributed by atoms with Gasteiger partial charge in [-0.1, -0.05) is 0 Å². The molecule has 1 saturated heterocycles. The number of halogens is 1. The summed E-state index contributed by atoms with van der Waals surface area (Å²) in [5.74, 6) is -2.00. The van der Waals surface area contributed by atoms with Crippen LogP contribution in [0, 0.1) is 17.1 Å². The highest BCUT2D eigenvalue weighted by molar-refractivity contribution is 7.98. The van der Waals surface area contributed by atoms with Crippen LogP contribution in [0.5, 0.6) is 0 Å². The summed E-state index contributed by atoms with van der Waals surface area (Å²) in [5.41, 5.74) is -0.832. The molecular formula is C17H18FN3O3S2. The normalized spacial score (nSPS) is 16.1. The molecule has 9 heteroatoms. The molecule has 1 fully saturated rings. The van der Waals surface area contributed by atoms with Crippen molar-refractivity contribution in [3.05, 3.63) is 23.5 Å². The Morgan fingerprint density at radius 1 is 1.46 bits per heavy atom. The number of carbonyl (C=O) groups is 2. The van der Waals surface area contributed by atoms with E-state index in [2.05, 4.69) is 0 Å². The molecule has 0 saturated carbocycles. The van der Waals surface area contributed by atoms with Crippen LogP contribution in [-0.4, -0.2) is 45.3 Å². The lowest BCUT2D eigenvalue weighted by atomic mass is 10.0. The number of benzene rings is 1. The first kappa shape index (κ1) is 20.1. The Morgan fingerprint density at radius 2 is 2.12 bits per heavy atom. The molecule has 1 aliphatic rings. The molecule has 0 aliphatic carbocycles. The number of carboxylic acids is 1. The van der Waals surface area contributed by atoms with Gasteiger partial charge in [-0.05, 0) is 50.9 Å². The Hall–Kier alpha value is -2.18. The number of nitrogens with zero attached hydrogens (tertiary/aromatic N) is 3. The molecule has 0 unspecified atom stereocenters. The van der Waals surface area contributed by atoms with Crippen molar-refractivity contribution in [2.24, 2.45) is 0 Å². The maximum absolute atomic E-state index is 14.9. The molecule has 0 atom stereocenters. The molecule has 0 aromatic heterocycles. The van der Waals surface area contributed by atoms with E-state index in [1.54, 1.807) is 25.0 Å². The summed E-state index contributed by atoms with van der Waals surface area (Å²) in [4.78, 5) is 26.5. The molecule has 138 valence electrons. The first-order chi connectivity index (χ1) is 12.2. The van der Waals surface area contributed by atoms with E-state index < -0.39 is 23.2 Å². The highest BCUT2D eigenvalue weighted by Gasteiger charge is 2.49. The van der Waals surface area contributed by atoms with Crippen LogP contribution in [-0.2, 0) is 9.59 Å². The van der Waals surface area contributed by atoms with Crippen molar-refractivity contribution in [3.8, 4) is 6.07 Å². The van der Waals surface area contributed by atoms with E-state index in [1.807, 2.05) is 6.07 Å². The second kappa shape index (κ2) is 7.60. The number of anilines is 1. The Morgan fingerprint density at radius 3 is 2.65 bits per heavy atom. The average molecular weight is 395 g/mol. The Labute approximate surface area is 160 Å². The Balaban J connectivity index is 2.42. The third-order valence-electron chi connectivity index (χ3n) is 4.24. The van der Waals surface area contributed by atoms with Gasteiger partial charge in [0.05, 0.1) is 16.1 Å². The molecule has 1 heterocycles. The minimum atomic E-state index is -1.02. The predicted molar refractivity (Wildman–Crippen MR) is 101 cm³/mol. The van der Waals surface area contributed by atoms with Gasteiger partial charge < -0.3 is 10.0 Å². The molecule has 2 rings (SSSR count). The smallest absolute Gasteiger partial charge is 0.303 e. The molecule has 26 heavy (non-hydrogen) atoms. The van der Waals surface area contributed by atoms with Crippen LogP contribution >= 0.6 is 24.0 Å². The number of rotatable bonds is 6. The van der Waals surface area contributed by atoms with Gasteiger partial charge >= 0.3 is 5.97 Å². The molecule has 0 bridgehead atoms. The van der Waals surface area contributed by atoms with Gasteiger partial charge in [0.15, 0.2) is 10.9 Å². The molecule has 6 nitrogen and oxygen atoms in total. The van der Waals surface area contributed by atoms with Crippen molar-refractivity contribution in [2.45, 2.75) is 37.1 Å². The van der Waals surface area contributed by atoms with Crippen molar-refractivity contribution < 1.29 is 19.1 Å². The fourth-order valence-electron chi connectivity index (χ4n) is 2.82. The van der Waals surface area contributed by atoms with Gasteiger partial charge in [-0.15, -0.1) is 11.8 Å². The number of thiocarbonyl (C=S) groups is 1. The van der Waals surface area contributed by atoms with Gasteiger partial charge in [0.25, 0.3) is 5.91 Å². The SMILES string of the molecule is CSc1c(C#N)ccc(N2C(=O)C(C)(C)N(CCCC(=O)O)C2=S)c1F. The second-order valence-corrected chi connectivity index (χ2v) is 7.40. The lowest BCUT2D eigenvalue weighted by Gasteiger charge is -2.29. The molecule has 1 aromatic carbocycles. The predicted octanol–water partition coefficient (Wildman–Crippen LogP) is 3.00. The zero-order valence-corrected chi connectivity index (χ0v) is 16.2. The number of thioether (sulfide) groups is 1. The van der Waals surface area contributed by atoms with E-state index in [4.69, 9.17) is 22.6 Å². The lowest BCUT2D eigenvalue weighted by molar-refractivity contribution is -0.137. The first-order valence-corrected chi connectivity index (χ1v) is 9.44. The van der Waals surface area contributed by atoms with Crippen LogP contribution < -0.4 is 4.90 Å². The van der Waals surface area contributed by atoms with Crippen molar-refractivity contribution in [1.29, 1.82) is 5.26 Å². The fourth-order valence-corrected chi connectivity index (χ4v) is 3.94. The van der Waals surface area contributed by atoms with E-state index in [-0.39, 0.29) is 34.2 Å². The second-order valence-electron chi connectivity index (χ2n) is 6.22. The summed E-state index contributed by atoms with van der Waals surface area (Å²) in [7, 11) is 0. The van der Waals surface area contributed by atoms with E-state index in [9.17, 15) is 14.0 Å². The third-order valence-corrected chi connectivity index (χ3v) is 5.45. The molecule has 1 N–H and O–H groups in total. The number of carboxylic acid groups (broad SMARTS) is 1. The molecular weight excluding hydrogens is 377 g/mol. The van der Waals surface area contributed by atoms with Crippen LogP contribution in [0.2, 0.25) is 0 Å². The summed E-state index contributed by atoms with van der Waals surface area (Å²) < 4.78 is 14.9. The van der Waals surface area contributed by atoms with Gasteiger partial charge in [0.1, 0.15) is 11.6 Å². The standard InChI is InChI=1S/C17H18FN3O3S2/c1-17(2)15(24)21(16(25)20(17)8-4-5-12(22)23)11-7-6-10(9-19)14(26-3)13(11)18/h6-7H,4-5,8H2,1-3H3,(H,22,23). The lowest BCUT2D eigenvalue weighted by Crippen LogP contribution is -2.44. The van der Waals surface area contributed by atoms with Crippen molar-refractivity contribution >= 4 is 46.7 Å². The zero-order chi connectivity index (χ0) is 19.6. The molecule has 0 radical (unpaired) electrons. The van der Waals surface area contributed by atoms with E-state index >= 15 is 0 Å². The molecule has 1 aliphatic heterocycles. The quantitative estimate of drug-likeness (QED) is 0.585. The highest BCUT2D eigenvalue weighted by atomic mass is 32.2. The third kappa shape index (κ3) is 3.39. The number of nitriles is 1. The number of amides is 1. The van der Waals surface area contributed by atoms with Crippen LogP contribution in [0.25, 0.3) is 0 Å². The van der Waals surface area contributed by atoms with E-state index in [0.717, 1.165) is 16.7 Å². The van der Waals surface area contributed by atoms with Crippen LogP contribution in [0.15, 0.2) is 17.0 Å². The monoisotopic (exact) mass is 395 g/mol. The minimum absolute atomic E-state index is 0.00263. The average Bonchev–Trinajstić information content (AvgIpc) is 2.74. The summed E-state index contributed by atoms with van der Waals surface area (Å²) in [6.07, 6.45) is 1.91. The van der Waals surface area contributed by atoms with Crippen molar-refractivity contribution in [3.63, 3.8) is 0 Å². The van der Waals surface area contributed by atoms with Crippen LogP contribution in [0.4, 0.5) is 10.1 Å². The fraction of sp³-hybridized carbons (Fsp3) is 0.412. The molecule has 0 spiro atoms. The van der Waals surface area contributed by atoms with Gasteiger partial charge in [-0.3, -0.25) is 14.5 Å².